The van der Waals surface area contributed by atoms with E-state index in [1.54, 1.807) is 7.11 Å². The van der Waals surface area contributed by atoms with Gasteiger partial charge in [-0.15, -0.1) is 0 Å². The van der Waals surface area contributed by atoms with Crippen molar-refractivity contribution in [3.8, 4) is 5.75 Å². The lowest BCUT2D eigenvalue weighted by Crippen LogP contribution is -2.34. The lowest BCUT2D eigenvalue weighted by Gasteiger charge is -2.19. The summed E-state index contributed by atoms with van der Waals surface area (Å²) in [5.74, 6) is 1.25. The Hall–Kier alpha value is -1.55. The largest absolute Gasteiger partial charge is 0.497 e. The number of rotatable bonds is 6. The normalized spacial score (nSPS) is 21.7. The number of ether oxygens (including phenoxy) is 1. The highest BCUT2D eigenvalue weighted by atomic mass is 16.5. The Morgan fingerprint density at radius 1 is 1.45 bits per heavy atom. The number of carbonyl (C=O) groups is 1. The molecule has 0 saturated carbocycles. The molecule has 0 aromatic heterocycles. The molecule has 1 heterocycles. The molecule has 4 heteroatoms. The average molecular weight is 276 g/mol. The van der Waals surface area contributed by atoms with Crippen LogP contribution in [0.4, 0.5) is 0 Å². The number of methoxy groups -OCH3 is 1. The molecule has 4 nitrogen and oxygen atoms in total. The summed E-state index contributed by atoms with van der Waals surface area (Å²) in [6.07, 6.45) is 2.14. The van der Waals surface area contributed by atoms with Gasteiger partial charge in [-0.05, 0) is 24.1 Å². The van der Waals surface area contributed by atoms with Crippen LogP contribution in [0.5, 0.6) is 5.75 Å². The molecule has 0 bridgehead atoms. The van der Waals surface area contributed by atoms with Crippen LogP contribution in [0.15, 0.2) is 24.3 Å². The summed E-state index contributed by atoms with van der Waals surface area (Å²) in [4.78, 5) is 12.3. The SMILES string of the molecule is CCCCNC(=O)C1CNCC1c1cccc(OC)c1. The van der Waals surface area contributed by atoms with Crippen molar-refractivity contribution in [1.82, 2.24) is 10.6 Å². The van der Waals surface area contributed by atoms with Crippen molar-refractivity contribution < 1.29 is 9.53 Å². The Morgan fingerprint density at radius 2 is 2.30 bits per heavy atom. The van der Waals surface area contributed by atoms with Crippen LogP contribution in [-0.2, 0) is 4.79 Å². The molecule has 110 valence electrons. The number of nitrogens with one attached hydrogen (secondary N) is 2. The highest BCUT2D eigenvalue weighted by Gasteiger charge is 2.33. The first-order valence-electron chi connectivity index (χ1n) is 7.38. The molecule has 0 radical (unpaired) electrons. The van der Waals surface area contributed by atoms with E-state index in [-0.39, 0.29) is 17.7 Å². The summed E-state index contributed by atoms with van der Waals surface area (Å²) >= 11 is 0. The van der Waals surface area contributed by atoms with E-state index in [1.807, 2.05) is 18.2 Å². The van der Waals surface area contributed by atoms with Crippen LogP contribution in [0, 0.1) is 5.92 Å². The number of benzene rings is 1. The second kappa shape index (κ2) is 7.29. The lowest BCUT2D eigenvalue weighted by molar-refractivity contribution is -0.124. The van der Waals surface area contributed by atoms with E-state index in [9.17, 15) is 4.79 Å². The highest BCUT2D eigenvalue weighted by molar-refractivity contribution is 5.80. The topological polar surface area (TPSA) is 50.4 Å². The van der Waals surface area contributed by atoms with Gasteiger partial charge in [0, 0.05) is 25.6 Å². The third kappa shape index (κ3) is 3.51. The van der Waals surface area contributed by atoms with Crippen molar-refractivity contribution in [2.45, 2.75) is 25.7 Å². The summed E-state index contributed by atoms with van der Waals surface area (Å²) in [6.45, 7) is 4.50. The minimum atomic E-state index is 0.0129. The number of hydrogen-bond donors (Lipinski definition) is 2. The smallest absolute Gasteiger partial charge is 0.225 e. The molecule has 2 rings (SSSR count). The van der Waals surface area contributed by atoms with Crippen LogP contribution < -0.4 is 15.4 Å². The van der Waals surface area contributed by atoms with Gasteiger partial charge in [-0.3, -0.25) is 4.79 Å². The zero-order valence-electron chi connectivity index (χ0n) is 12.3. The van der Waals surface area contributed by atoms with Gasteiger partial charge in [0.25, 0.3) is 0 Å². The second-order valence-corrected chi connectivity index (χ2v) is 5.29. The minimum absolute atomic E-state index is 0.0129. The summed E-state index contributed by atoms with van der Waals surface area (Å²) in [7, 11) is 1.67. The van der Waals surface area contributed by atoms with Crippen molar-refractivity contribution >= 4 is 5.91 Å². The number of carbonyl (C=O) groups excluding carboxylic acids is 1. The van der Waals surface area contributed by atoms with Crippen molar-refractivity contribution in [2.24, 2.45) is 5.92 Å². The molecule has 1 aliphatic heterocycles. The Bertz CT molecular complexity index is 448. The molecule has 1 amide bonds. The van der Waals surface area contributed by atoms with Gasteiger partial charge in [0.1, 0.15) is 5.75 Å². The maximum absolute atomic E-state index is 12.3. The second-order valence-electron chi connectivity index (χ2n) is 5.29. The maximum atomic E-state index is 12.3. The van der Waals surface area contributed by atoms with Crippen LogP contribution in [0.1, 0.15) is 31.2 Å². The Kier molecular flexibility index (Phi) is 5.41. The zero-order valence-corrected chi connectivity index (χ0v) is 12.3. The molecule has 2 N–H and O–H groups in total. The molecular weight excluding hydrogens is 252 g/mol. The predicted octanol–water partition coefficient (Wildman–Crippen LogP) is 1.91. The molecule has 1 aromatic rings. The molecule has 0 spiro atoms. The standard InChI is InChI=1S/C16H24N2O2/c1-3-4-8-18-16(19)15-11-17-10-14(15)12-6-5-7-13(9-12)20-2/h5-7,9,14-15,17H,3-4,8,10-11H2,1-2H3,(H,18,19). The van der Waals surface area contributed by atoms with Crippen LogP contribution in [0.2, 0.25) is 0 Å². The van der Waals surface area contributed by atoms with Gasteiger partial charge in [0.05, 0.1) is 13.0 Å². The molecule has 20 heavy (non-hydrogen) atoms. The van der Waals surface area contributed by atoms with Gasteiger partial charge >= 0.3 is 0 Å². The van der Waals surface area contributed by atoms with E-state index in [4.69, 9.17) is 4.74 Å². The molecular formula is C16H24N2O2. The van der Waals surface area contributed by atoms with Crippen LogP contribution in [0.25, 0.3) is 0 Å². The predicted molar refractivity (Wildman–Crippen MR) is 80.0 cm³/mol. The van der Waals surface area contributed by atoms with Gasteiger partial charge < -0.3 is 15.4 Å². The average Bonchev–Trinajstić information content (AvgIpc) is 2.97. The summed E-state index contributed by atoms with van der Waals surface area (Å²) < 4.78 is 5.27. The number of unbranched alkanes of at least 4 members (excludes halogenated alkanes) is 1. The van der Waals surface area contributed by atoms with Crippen LogP contribution in [-0.4, -0.2) is 32.7 Å². The van der Waals surface area contributed by atoms with Crippen molar-refractivity contribution in [2.75, 3.05) is 26.7 Å². The van der Waals surface area contributed by atoms with Crippen molar-refractivity contribution in [3.63, 3.8) is 0 Å². The fraction of sp³-hybridized carbons (Fsp3) is 0.562. The molecule has 2 unspecified atom stereocenters. The van der Waals surface area contributed by atoms with Gasteiger partial charge in [-0.2, -0.15) is 0 Å². The van der Waals surface area contributed by atoms with Crippen LogP contribution >= 0.6 is 0 Å². The maximum Gasteiger partial charge on any atom is 0.225 e. The number of amides is 1. The summed E-state index contributed by atoms with van der Waals surface area (Å²) in [5.41, 5.74) is 1.17. The van der Waals surface area contributed by atoms with E-state index in [0.29, 0.717) is 0 Å². The molecule has 1 fully saturated rings. The summed E-state index contributed by atoms with van der Waals surface area (Å²) in [6, 6.07) is 8.03. The first-order chi connectivity index (χ1) is 9.76. The first-order valence-corrected chi connectivity index (χ1v) is 7.38. The van der Waals surface area contributed by atoms with Gasteiger partial charge in [-0.1, -0.05) is 25.5 Å². The monoisotopic (exact) mass is 276 g/mol. The Balaban J connectivity index is 2.04. The molecule has 2 atom stereocenters. The minimum Gasteiger partial charge on any atom is -0.497 e. The van der Waals surface area contributed by atoms with E-state index in [1.165, 1.54) is 5.56 Å². The van der Waals surface area contributed by atoms with Crippen LogP contribution in [0.3, 0.4) is 0 Å². The van der Waals surface area contributed by atoms with Gasteiger partial charge in [-0.25, -0.2) is 0 Å². The molecule has 0 aliphatic carbocycles. The summed E-state index contributed by atoms with van der Waals surface area (Å²) in [5, 5.41) is 6.37. The molecule has 1 aliphatic rings. The fourth-order valence-electron chi connectivity index (χ4n) is 2.70. The highest BCUT2D eigenvalue weighted by Crippen LogP contribution is 2.30. The third-order valence-electron chi connectivity index (χ3n) is 3.90. The lowest BCUT2D eigenvalue weighted by atomic mass is 9.88. The quantitative estimate of drug-likeness (QED) is 0.780. The third-order valence-corrected chi connectivity index (χ3v) is 3.90. The van der Waals surface area contributed by atoms with Gasteiger partial charge in [0.15, 0.2) is 0 Å². The Morgan fingerprint density at radius 3 is 3.05 bits per heavy atom. The Labute approximate surface area is 120 Å². The fourth-order valence-corrected chi connectivity index (χ4v) is 2.70. The van der Waals surface area contributed by atoms with Gasteiger partial charge in [0.2, 0.25) is 5.91 Å². The zero-order chi connectivity index (χ0) is 14.4. The van der Waals surface area contributed by atoms with Crippen molar-refractivity contribution in [1.29, 1.82) is 0 Å². The number of hydrogen-bond acceptors (Lipinski definition) is 3. The van der Waals surface area contributed by atoms with E-state index in [0.717, 1.165) is 38.2 Å². The molecule has 1 saturated heterocycles. The first kappa shape index (κ1) is 14.9. The van der Waals surface area contributed by atoms with E-state index in [2.05, 4.69) is 23.6 Å². The van der Waals surface area contributed by atoms with Crippen molar-refractivity contribution in [3.05, 3.63) is 29.8 Å². The molecule has 1 aromatic carbocycles. The van der Waals surface area contributed by atoms with E-state index < -0.39 is 0 Å². The van der Waals surface area contributed by atoms with E-state index >= 15 is 0 Å².